The molecule has 2 aliphatic carbocycles. The SMILES string of the molecule is c1ccc(-c2nc(-c3ccc4c(c3)-c3ccccc3C43c4ccccc4-c4ccccc43)nc(-n3c4ccccc4sc4cc5c(cc43)sc3ccccc3n5-c3ccccc3)n2)cc1. The summed E-state index contributed by atoms with van der Waals surface area (Å²) in [6.45, 7) is 0. The van der Waals surface area contributed by atoms with Crippen molar-refractivity contribution in [2.24, 2.45) is 0 Å². The van der Waals surface area contributed by atoms with Crippen LogP contribution in [0.3, 0.4) is 0 Å². The molecule has 0 N–H and O–H groups in total. The first-order chi connectivity index (χ1) is 32.2. The number of aromatic nitrogens is 5. The van der Waals surface area contributed by atoms with E-state index in [1.54, 1.807) is 22.7 Å². The number of hydrogen-bond acceptors (Lipinski definition) is 5. The van der Waals surface area contributed by atoms with Gasteiger partial charge in [0, 0.05) is 16.8 Å². The molecule has 3 aromatic heterocycles. The van der Waals surface area contributed by atoms with Crippen LogP contribution in [0.4, 0.5) is 0 Å². The van der Waals surface area contributed by atoms with Crippen LogP contribution in [0.15, 0.2) is 212 Å². The van der Waals surface area contributed by atoms with Gasteiger partial charge in [-0.2, -0.15) is 9.97 Å². The van der Waals surface area contributed by atoms with Crippen molar-refractivity contribution in [2.45, 2.75) is 5.41 Å². The number of nitrogens with zero attached hydrogens (tertiary/aromatic N) is 5. The van der Waals surface area contributed by atoms with E-state index in [9.17, 15) is 0 Å². The number of benzene rings is 9. The van der Waals surface area contributed by atoms with Crippen molar-refractivity contribution in [2.75, 3.05) is 0 Å². The van der Waals surface area contributed by atoms with E-state index in [0.29, 0.717) is 17.6 Å². The van der Waals surface area contributed by atoms with Gasteiger partial charge in [0.2, 0.25) is 5.95 Å². The maximum Gasteiger partial charge on any atom is 0.238 e. The monoisotopic (exact) mass is 865 g/mol. The molecular weight excluding hydrogens is 831 g/mol. The van der Waals surface area contributed by atoms with E-state index in [1.807, 2.05) is 18.2 Å². The summed E-state index contributed by atoms with van der Waals surface area (Å²) in [5.74, 6) is 1.81. The first-order valence-electron chi connectivity index (χ1n) is 21.9. The van der Waals surface area contributed by atoms with Gasteiger partial charge in [-0.05, 0) is 99.1 Å². The number of fused-ring (bicyclic) bond motifs is 14. The Morgan fingerprint density at radius 2 is 0.785 bits per heavy atom. The Morgan fingerprint density at radius 3 is 1.40 bits per heavy atom. The van der Waals surface area contributed by atoms with Crippen LogP contribution >= 0.6 is 22.7 Å². The average molecular weight is 866 g/mol. The van der Waals surface area contributed by atoms with Crippen molar-refractivity contribution < 1.29 is 0 Å². The summed E-state index contributed by atoms with van der Waals surface area (Å²) in [5, 5.41) is 0. The molecule has 7 heteroatoms. The maximum absolute atomic E-state index is 5.48. The van der Waals surface area contributed by atoms with Gasteiger partial charge < -0.3 is 4.57 Å². The summed E-state index contributed by atoms with van der Waals surface area (Å²) in [6, 6.07) is 76.6. The minimum Gasteiger partial charge on any atom is -0.308 e. The molecule has 0 atom stereocenters. The standard InChI is InChI=1S/C58H35N5S2/c1-3-17-36(18-4-1)55-59-56(37-31-32-46-42(33-37)41-23-9-12-26-45(41)58(46)43-24-10-7-21-39(43)40-22-8-11-25-44(40)58)61-57(60-55)63-48-28-14-16-30-52(48)65-54-34-49-53(35-50(54)63)64-51-29-15-13-27-47(51)62(49)38-19-5-2-6-20-38/h1-35H. The molecule has 0 saturated heterocycles. The molecule has 9 aromatic carbocycles. The largest absolute Gasteiger partial charge is 0.308 e. The van der Waals surface area contributed by atoms with Crippen LogP contribution in [-0.4, -0.2) is 24.1 Å². The van der Waals surface area contributed by atoms with Crippen molar-refractivity contribution >= 4 is 63.5 Å². The van der Waals surface area contributed by atoms with Crippen molar-refractivity contribution in [1.29, 1.82) is 0 Å². The highest BCUT2D eigenvalue weighted by atomic mass is 32.1. The third kappa shape index (κ3) is 5.28. The number of rotatable bonds is 4. The molecule has 65 heavy (non-hydrogen) atoms. The topological polar surface area (TPSA) is 48.5 Å². The van der Waals surface area contributed by atoms with Gasteiger partial charge in [-0.3, -0.25) is 4.57 Å². The summed E-state index contributed by atoms with van der Waals surface area (Å²) in [7, 11) is 0. The smallest absolute Gasteiger partial charge is 0.238 e. The van der Waals surface area contributed by atoms with Crippen LogP contribution in [0.5, 0.6) is 0 Å². The van der Waals surface area contributed by atoms with Gasteiger partial charge in [0.05, 0.1) is 46.3 Å². The molecule has 0 bridgehead atoms. The molecule has 0 saturated carbocycles. The predicted molar refractivity (Wildman–Crippen MR) is 269 cm³/mol. The lowest BCUT2D eigenvalue weighted by atomic mass is 9.70. The Bertz CT molecular complexity index is 3920. The van der Waals surface area contributed by atoms with E-state index in [-0.39, 0.29) is 0 Å². The number of para-hydroxylation sites is 3. The quantitative estimate of drug-likeness (QED) is 0.166. The average Bonchev–Trinajstić information content (AvgIpc) is 3.84. The fourth-order valence-corrected chi connectivity index (χ4v) is 12.8. The van der Waals surface area contributed by atoms with Gasteiger partial charge >= 0.3 is 0 Å². The molecule has 3 heterocycles. The molecule has 12 aromatic rings. The highest BCUT2D eigenvalue weighted by Gasteiger charge is 2.51. The van der Waals surface area contributed by atoms with Gasteiger partial charge in [-0.15, -0.1) is 22.7 Å². The van der Waals surface area contributed by atoms with E-state index in [1.165, 1.54) is 54.7 Å². The van der Waals surface area contributed by atoms with Crippen LogP contribution < -0.4 is 0 Å². The molecule has 1 spiro atoms. The van der Waals surface area contributed by atoms with Gasteiger partial charge in [0.15, 0.2) is 11.6 Å². The first-order valence-corrected chi connectivity index (χ1v) is 23.5. The second kappa shape index (κ2) is 14.0. The maximum atomic E-state index is 5.48. The van der Waals surface area contributed by atoms with Gasteiger partial charge in [0.1, 0.15) is 0 Å². The molecule has 0 amide bonds. The van der Waals surface area contributed by atoms with E-state index < -0.39 is 5.41 Å². The summed E-state index contributed by atoms with van der Waals surface area (Å²) in [4.78, 5) is 16.1. The van der Waals surface area contributed by atoms with Crippen LogP contribution in [0.2, 0.25) is 0 Å². The minimum absolute atomic E-state index is 0.427. The predicted octanol–water partition coefficient (Wildman–Crippen LogP) is 15.0. The summed E-state index contributed by atoms with van der Waals surface area (Å²) in [6.07, 6.45) is 0. The second-order valence-electron chi connectivity index (χ2n) is 16.7. The third-order valence-electron chi connectivity index (χ3n) is 13.3. The lowest BCUT2D eigenvalue weighted by molar-refractivity contribution is 0.794. The van der Waals surface area contributed by atoms with Crippen molar-refractivity contribution in [1.82, 2.24) is 24.1 Å². The summed E-state index contributed by atoms with van der Waals surface area (Å²) < 4.78 is 9.27. The Kier molecular flexibility index (Phi) is 7.87. The van der Waals surface area contributed by atoms with E-state index in [2.05, 4.69) is 203 Å². The summed E-state index contributed by atoms with van der Waals surface area (Å²) in [5.41, 5.74) is 17.2. The molecular formula is C58H35N5S2. The fourth-order valence-electron chi connectivity index (χ4n) is 10.6. The zero-order valence-electron chi connectivity index (χ0n) is 34.8. The zero-order valence-corrected chi connectivity index (χ0v) is 36.4. The Hall–Kier alpha value is -7.97. The van der Waals surface area contributed by atoms with E-state index in [4.69, 9.17) is 15.0 Å². The first kappa shape index (κ1) is 36.5. The van der Waals surface area contributed by atoms with Gasteiger partial charge in [-0.25, -0.2) is 4.98 Å². The van der Waals surface area contributed by atoms with Crippen molar-refractivity contribution in [3.05, 3.63) is 235 Å². The van der Waals surface area contributed by atoms with Gasteiger partial charge in [-0.1, -0.05) is 158 Å². The van der Waals surface area contributed by atoms with E-state index in [0.717, 1.165) is 47.5 Å². The second-order valence-corrected chi connectivity index (χ2v) is 18.9. The molecule has 304 valence electrons. The molecule has 0 unspecified atom stereocenters. The van der Waals surface area contributed by atoms with E-state index >= 15 is 0 Å². The van der Waals surface area contributed by atoms with Gasteiger partial charge in [0.25, 0.3) is 0 Å². The third-order valence-corrected chi connectivity index (χ3v) is 15.5. The molecule has 0 radical (unpaired) electrons. The lowest BCUT2D eigenvalue weighted by Crippen LogP contribution is -2.25. The van der Waals surface area contributed by atoms with Crippen molar-refractivity contribution in [3.8, 4) is 56.7 Å². The minimum atomic E-state index is -0.427. The highest BCUT2D eigenvalue weighted by Crippen LogP contribution is 2.63. The highest BCUT2D eigenvalue weighted by molar-refractivity contribution is 7.25. The molecule has 2 aliphatic rings. The fraction of sp³-hybridized carbons (Fsp3) is 0.0172. The Labute approximate surface area is 382 Å². The van der Waals surface area contributed by atoms with Crippen LogP contribution in [0.1, 0.15) is 22.3 Å². The Balaban J connectivity index is 1.03. The van der Waals surface area contributed by atoms with Crippen LogP contribution in [-0.2, 0) is 5.41 Å². The molecule has 0 aliphatic heterocycles. The zero-order chi connectivity index (χ0) is 42.6. The van der Waals surface area contributed by atoms with Crippen LogP contribution in [0, 0.1) is 0 Å². The Morgan fingerprint density at radius 1 is 0.323 bits per heavy atom. The molecule has 0 fully saturated rings. The molecule has 14 rings (SSSR count). The number of hydrogen-bond donors (Lipinski definition) is 0. The van der Waals surface area contributed by atoms with Crippen LogP contribution in [0.25, 0.3) is 97.5 Å². The normalized spacial score (nSPS) is 13.0. The lowest BCUT2D eigenvalue weighted by Gasteiger charge is -2.30. The summed E-state index contributed by atoms with van der Waals surface area (Å²) >= 11 is 3.60. The molecule has 5 nitrogen and oxygen atoms in total. The van der Waals surface area contributed by atoms with Crippen molar-refractivity contribution in [3.63, 3.8) is 0 Å².